The van der Waals surface area contributed by atoms with E-state index in [2.05, 4.69) is 5.32 Å². The van der Waals surface area contributed by atoms with Crippen molar-refractivity contribution in [1.29, 1.82) is 0 Å². The van der Waals surface area contributed by atoms with E-state index in [0.717, 1.165) is 5.56 Å². The number of aryl methyl sites for hydroxylation is 1. The number of hydrogen-bond acceptors (Lipinski definition) is 5. The summed E-state index contributed by atoms with van der Waals surface area (Å²) in [6, 6.07) is 12.0. The summed E-state index contributed by atoms with van der Waals surface area (Å²) >= 11 is 0. The molecule has 2 bridgehead atoms. The smallest absolute Gasteiger partial charge is 0.325 e. The van der Waals surface area contributed by atoms with Crippen molar-refractivity contribution in [2.24, 2.45) is 5.92 Å². The summed E-state index contributed by atoms with van der Waals surface area (Å²) in [5.41, 5.74) is 1.02. The quantitative estimate of drug-likeness (QED) is 0.800. The lowest BCUT2D eigenvalue weighted by atomic mass is 9.79. The second kappa shape index (κ2) is 6.99. The molecule has 3 atom stereocenters. The van der Waals surface area contributed by atoms with Gasteiger partial charge in [0.05, 0.1) is 19.8 Å². The lowest BCUT2D eigenvalue weighted by molar-refractivity contribution is -0.160. The standard InChI is InChI=1S/C22H24N2O5/c1-5-28-20(25)17-18-15-10-7-11-16(27-4)19(15)29-22(17,3)24(21(26)23-18)14-9-6-8-13(2)12-14/h6-12,17-18H,5H2,1-4H3,(H,23,26). The van der Waals surface area contributed by atoms with E-state index < -0.39 is 23.7 Å². The molecule has 2 aromatic carbocycles. The molecule has 0 spiro atoms. The molecule has 1 saturated heterocycles. The fourth-order valence-electron chi connectivity index (χ4n) is 4.28. The summed E-state index contributed by atoms with van der Waals surface area (Å²) in [5, 5.41) is 2.99. The maximum absolute atomic E-state index is 13.2. The maximum Gasteiger partial charge on any atom is 0.325 e. The number of para-hydroxylation sites is 1. The molecule has 2 heterocycles. The van der Waals surface area contributed by atoms with Crippen LogP contribution in [0.1, 0.15) is 31.0 Å². The molecule has 0 saturated carbocycles. The first kappa shape index (κ1) is 19.1. The Hall–Kier alpha value is -3.22. The predicted octanol–water partition coefficient (Wildman–Crippen LogP) is 3.56. The normalized spacial score (nSPS) is 24.8. The predicted molar refractivity (Wildman–Crippen MR) is 107 cm³/mol. The molecule has 2 amide bonds. The molecule has 7 heteroatoms. The van der Waals surface area contributed by atoms with Crippen LogP contribution < -0.4 is 19.7 Å². The number of ether oxygens (including phenoxy) is 3. The molecule has 2 aliphatic heterocycles. The number of fused-ring (bicyclic) bond motifs is 4. The van der Waals surface area contributed by atoms with Crippen LogP contribution in [0.3, 0.4) is 0 Å². The minimum absolute atomic E-state index is 0.238. The number of nitrogens with zero attached hydrogens (tertiary/aromatic N) is 1. The highest BCUT2D eigenvalue weighted by atomic mass is 16.6. The van der Waals surface area contributed by atoms with Crippen LogP contribution in [0.5, 0.6) is 11.5 Å². The van der Waals surface area contributed by atoms with Gasteiger partial charge in [-0.05, 0) is 44.5 Å². The average molecular weight is 396 g/mol. The maximum atomic E-state index is 13.2. The molecule has 1 fully saturated rings. The highest BCUT2D eigenvalue weighted by Gasteiger charge is 2.61. The van der Waals surface area contributed by atoms with Crippen LogP contribution in [-0.4, -0.2) is 31.4 Å². The first-order chi connectivity index (χ1) is 13.9. The van der Waals surface area contributed by atoms with E-state index in [-0.39, 0.29) is 12.6 Å². The van der Waals surface area contributed by atoms with Gasteiger partial charge in [0.2, 0.25) is 5.72 Å². The third-order valence-corrected chi connectivity index (χ3v) is 5.51. The number of carbonyl (C=O) groups excluding carboxylic acids is 2. The SMILES string of the molecule is CCOC(=O)C1C2NC(=O)N(c3cccc(C)c3)C1(C)Oc1c(OC)cccc12. The van der Waals surface area contributed by atoms with E-state index in [1.807, 2.05) is 43.3 Å². The number of rotatable bonds is 4. The van der Waals surface area contributed by atoms with Crippen molar-refractivity contribution in [2.75, 3.05) is 18.6 Å². The van der Waals surface area contributed by atoms with Crippen molar-refractivity contribution in [3.8, 4) is 11.5 Å². The highest BCUT2D eigenvalue weighted by Crippen LogP contribution is 2.52. The van der Waals surface area contributed by atoms with Crippen LogP contribution in [0, 0.1) is 12.8 Å². The van der Waals surface area contributed by atoms with Crippen molar-refractivity contribution in [3.05, 3.63) is 53.6 Å². The molecule has 2 aliphatic rings. The van der Waals surface area contributed by atoms with E-state index in [0.29, 0.717) is 22.7 Å². The van der Waals surface area contributed by atoms with Gasteiger partial charge >= 0.3 is 12.0 Å². The number of hydrogen-bond donors (Lipinski definition) is 1. The Morgan fingerprint density at radius 3 is 2.72 bits per heavy atom. The summed E-state index contributed by atoms with van der Waals surface area (Å²) in [6.45, 7) is 5.69. The second-order valence-corrected chi connectivity index (χ2v) is 7.37. The fraction of sp³-hybridized carbons (Fsp3) is 0.364. The number of benzene rings is 2. The van der Waals surface area contributed by atoms with E-state index in [1.165, 1.54) is 4.90 Å². The number of amides is 2. The third kappa shape index (κ3) is 2.88. The van der Waals surface area contributed by atoms with Gasteiger partial charge in [0.15, 0.2) is 11.5 Å². The van der Waals surface area contributed by atoms with Crippen molar-refractivity contribution < 1.29 is 23.8 Å². The Balaban J connectivity index is 1.92. The Morgan fingerprint density at radius 2 is 2.03 bits per heavy atom. The monoisotopic (exact) mass is 396 g/mol. The number of methoxy groups -OCH3 is 1. The van der Waals surface area contributed by atoms with Gasteiger partial charge in [-0.15, -0.1) is 0 Å². The first-order valence-electron chi connectivity index (χ1n) is 9.60. The Bertz CT molecular complexity index is 975. The lowest BCUT2D eigenvalue weighted by Gasteiger charge is -2.54. The second-order valence-electron chi connectivity index (χ2n) is 7.37. The summed E-state index contributed by atoms with van der Waals surface area (Å²) < 4.78 is 17.3. The molecular weight excluding hydrogens is 372 g/mol. The Morgan fingerprint density at radius 1 is 1.28 bits per heavy atom. The van der Waals surface area contributed by atoms with Gasteiger partial charge in [-0.2, -0.15) is 0 Å². The molecule has 2 aromatic rings. The van der Waals surface area contributed by atoms with E-state index in [1.54, 1.807) is 27.0 Å². The summed E-state index contributed by atoms with van der Waals surface area (Å²) in [5.74, 6) is -0.131. The number of carbonyl (C=O) groups is 2. The number of anilines is 1. The minimum Gasteiger partial charge on any atom is -0.493 e. The van der Waals surface area contributed by atoms with E-state index >= 15 is 0 Å². The molecule has 0 aliphatic carbocycles. The largest absolute Gasteiger partial charge is 0.493 e. The van der Waals surface area contributed by atoms with E-state index in [4.69, 9.17) is 14.2 Å². The van der Waals surface area contributed by atoms with Gasteiger partial charge < -0.3 is 19.5 Å². The summed E-state index contributed by atoms with van der Waals surface area (Å²) in [7, 11) is 1.56. The molecule has 1 N–H and O–H groups in total. The number of esters is 1. The number of urea groups is 1. The van der Waals surface area contributed by atoms with Crippen molar-refractivity contribution in [2.45, 2.75) is 32.5 Å². The molecular formula is C22H24N2O5. The lowest BCUT2D eigenvalue weighted by Crippen LogP contribution is -2.71. The zero-order valence-corrected chi connectivity index (χ0v) is 16.9. The first-order valence-corrected chi connectivity index (χ1v) is 9.60. The zero-order valence-electron chi connectivity index (χ0n) is 16.9. The Labute approximate surface area is 169 Å². The van der Waals surface area contributed by atoms with Crippen molar-refractivity contribution >= 4 is 17.7 Å². The van der Waals surface area contributed by atoms with Gasteiger partial charge in [-0.3, -0.25) is 9.69 Å². The van der Waals surface area contributed by atoms with Gasteiger partial charge in [0, 0.05) is 11.3 Å². The van der Waals surface area contributed by atoms with E-state index in [9.17, 15) is 9.59 Å². The summed E-state index contributed by atoms with van der Waals surface area (Å²) in [4.78, 5) is 27.7. The Kier molecular flexibility index (Phi) is 4.61. The van der Waals surface area contributed by atoms with Crippen molar-refractivity contribution in [3.63, 3.8) is 0 Å². The van der Waals surface area contributed by atoms with Crippen LogP contribution in [0.4, 0.5) is 10.5 Å². The molecule has 7 nitrogen and oxygen atoms in total. The van der Waals surface area contributed by atoms with Gasteiger partial charge in [0.1, 0.15) is 5.92 Å². The molecule has 0 aromatic heterocycles. The molecule has 0 radical (unpaired) electrons. The van der Waals surface area contributed by atoms with Gasteiger partial charge in [0.25, 0.3) is 0 Å². The van der Waals surface area contributed by atoms with Crippen LogP contribution in [0.15, 0.2) is 42.5 Å². The third-order valence-electron chi connectivity index (χ3n) is 5.51. The summed E-state index contributed by atoms with van der Waals surface area (Å²) in [6.07, 6.45) is 0. The fourth-order valence-corrected chi connectivity index (χ4v) is 4.28. The average Bonchev–Trinajstić information content (AvgIpc) is 2.67. The minimum atomic E-state index is -1.30. The van der Waals surface area contributed by atoms with Gasteiger partial charge in [-0.1, -0.05) is 24.3 Å². The van der Waals surface area contributed by atoms with Crippen LogP contribution in [0.25, 0.3) is 0 Å². The molecule has 3 unspecified atom stereocenters. The highest BCUT2D eigenvalue weighted by molar-refractivity contribution is 5.97. The molecule has 4 rings (SSSR count). The van der Waals surface area contributed by atoms with Crippen LogP contribution in [0.2, 0.25) is 0 Å². The van der Waals surface area contributed by atoms with Crippen molar-refractivity contribution in [1.82, 2.24) is 5.32 Å². The van der Waals surface area contributed by atoms with Gasteiger partial charge in [-0.25, -0.2) is 4.79 Å². The molecule has 29 heavy (non-hydrogen) atoms. The number of nitrogens with one attached hydrogen (secondary N) is 1. The topological polar surface area (TPSA) is 77.1 Å². The van der Waals surface area contributed by atoms with Crippen LogP contribution >= 0.6 is 0 Å². The zero-order chi connectivity index (χ0) is 20.8. The molecule has 152 valence electrons. The van der Waals surface area contributed by atoms with Crippen LogP contribution in [-0.2, 0) is 9.53 Å².